The van der Waals surface area contributed by atoms with Gasteiger partial charge in [0.1, 0.15) is 11.5 Å². The average molecular weight is 323 g/mol. The van der Waals surface area contributed by atoms with Gasteiger partial charge in [0, 0.05) is 19.7 Å². The number of aromatic nitrogens is 3. The molecule has 7 heteroatoms. The van der Waals surface area contributed by atoms with E-state index in [-0.39, 0.29) is 5.76 Å². The summed E-state index contributed by atoms with van der Waals surface area (Å²) in [6, 6.07) is 5.49. The second kappa shape index (κ2) is 3.99. The van der Waals surface area contributed by atoms with Crippen LogP contribution in [0.2, 0.25) is 0 Å². The summed E-state index contributed by atoms with van der Waals surface area (Å²) in [5.74, 6) is 0.163. The van der Waals surface area contributed by atoms with E-state index in [4.69, 9.17) is 10.2 Å². The minimum absolute atomic E-state index is 0.383. The lowest BCUT2D eigenvalue weighted by Gasteiger charge is -1.98. The first-order valence-electron chi connectivity index (χ1n) is 5.57. The number of hydrogen-bond donors (Lipinski definition) is 1. The molecule has 0 atom stereocenters. The lowest BCUT2D eigenvalue weighted by atomic mass is 10.1. The Morgan fingerprint density at radius 1 is 1.37 bits per heavy atom. The van der Waals surface area contributed by atoms with Crippen molar-refractivity contribution >= 4 is 32.8 Å². The smallest absolute Gasteiger partial charge is 0.408 e. The van der Waals surface area contributed by atoms with Crippen molar-refractivity contribution in [3.8, 4) is 11.3 Å². The van der Waals surface area contributed by atoms with Gasteiger partial charge in [-0.15, -0.1) is 0 Å². The fraction of sp³-hybridized carbons (Fsp3) is 0.167. The Morgan fingerprint density at radius 2 is 2.11 bits per heavy atom. The Kier molecular flexibility index (Phi) is 2.53. The summed E-state index contributed by atoms with van der Waals surface area (Å²) in [7, 11) is 3.44. The minimum atomic E-state index is -0.383. The molecular formula is C12H11BrN4O2. The van der Waals surface area contributed by atoms with E-state index in [0.29, 0.717) is 17.1 Å². The number of benzene rings is 1. The summed E-state index contributed by atoms with van der Waals surface area (Å²) in [5.41, 5.74) is 8.68. The van der Waals surface area contributed by atoms with Crippen LogP contribution in [0.4, 0.5) is 5.82 Å². The number of oxazole rings is 1. The van der Waals surface area contributed by atoms with Gasteiger partial charge in [-0.2, -0.15) is 5.10 Å². The van der Waals surface area contributed by atoms with Crippen LogP contribution in [-0.4, -0.2) is 14.3 Å². The molecule has 0 amide bonds. The maximum Gasteiger partial charge on any atom is 0.419 e. The lowest BCUT2D eigenvalue weighted by molar-refractivity contribution is 0.528. The number of nitrogens with zero attached hydrogens (tertiary/aromatic N) is 3. The monoisotopic (exact) mass is 322 g/mol. The van der Waals surface area contributed by atoms with Crippen LogP contribution >= 0.6 is 15.9 Å². The summed E-state index contributed by atoms with van der Waals surface area (Å²) >= 11 is 3.42. The van der Waals surface area contributed by atoms with Gasteiger partial charge >= 0.3 is 5.76 Å². The highest BCUT2D eigenvalue weighted by molar-refractivity contribution is 9.10. The highest BCUT2D eigenvalue weighted by Crippen LogP contribution is 2.32. The van der Waals surface area contributed by atoms with Crippen molar-refractivity contribution in [1.29, 1.82) is 0 Å². The molecule has 6 nitrogen and oxygen atoms in total. The second-order valence-electron chi connectivity index (χ2n) is 4.28. The summed E-state index contributed by atoms with van der Waals surface area (Å²) < 4.78 is 8.94. The molecule has 1 aromatic carbocycles. The van der Waals surface area contributed by atoms with Crippen molar-refractivity contribution in [2.75, 3.05) is 5.73 Å². The first-order valence-corrected chi connectivity index (χ1v) is 6.36. The molecule has 0 saturated heterocycles. The minimum Gasteiger partial charge on any atom is -0.408 e. The Labute approximate surface area is 116 Å². The third-order valence-corrected chi connectivity index (χ3v) is 3.88. The molecule has 0 aliphatic rings. The molecule has 0 radical (unpaired) electrons. The normalized spacial score (nSPS) is 11.3. The molecule has 98 valence electrons. The van der Waals surface area contributed by atoms with Gasteiger partial charge < -0.3 is 10.2 Å². The molecule has 0 unspecified atom stereocenters. The van der Waals surface area contributed by atoms with E-state index >= 15 is 0 Å². The van der Waals surface area contributed by atoms with E-state index in [2.05, 4.69) is 21.0 Å². The Hall–Kier alpha value is -2.02. The number of fused-ring (bicyclic) bond motifs is 1. The predicted molar refractivity (Wildman–Crippen MR) is 75.8 cm³/mol. The number of nitrogen functional groups attached to an aromatic ring is 1. The standard InChI is InChI=1S/C12H11BrN4O2/c1-16-7-4-3-6(5-8(7)19-12(16)18)10-9(13)11(14)17(2)15-10/h3-5H,14H2,1-2H3. The van der Waals surface area contributed by atoms with E-state index < -0.39 is 0 Å². The summed E-state index contributed by atoms with van der Waals surface area (Å²) in [6.07, 6.45) is 0. The molecule has 0 aliphatic carbocycles. The molecular weight excluding hydrogens is 312 g/mol. The van der Waals surface area contributed by atoms with Gasteiger partial charge in [0.05, 0.1) is 9.99 Å². The van der Waals surface area contributed by atoms with Crippen LogP contribution in [0.5, 0.6) is 0 Å². The third-order valence-electron chi connectivity index (χ3n) is 3.10. The van der Waals surface area contributed by atoms with Gasteiger partial charge in [-0.3, -0.25) is 9.25 Å². The Morgan fingerprint density at radius 3 is 2.74 bits per heavy atom. The van der Waals surface area contributed by atoms with E-state index in [0.717, 1.165) is 15.6 Å². The zero-order valence-electron chi connectivity index (χ0n) is 10.3. The van der Waals surface area contributed by atoms with E-state index in [9.17, 15) is 4.79 Å². The molecule has 2 aromatic heterocycles. The van der Waals surface area contributed by atoms with Crippen molar-refractivity contribution in [1.82, 2.24) is 14.3 Å². The Bertz CT molecular complexity index is 843. The molecule has 3 rings (SSSR count). The topological polar surface area (TPSA) is 79.0 Å². The summed E-state index contributed by atoms with van der Waals surface area (Å²) in [6.45, 7) is 0. The predicted octanol–water partition coefficient (Wildman–Crippen LogP) is 1.88. The largest absolute Gasteiger partial charge is 0.419 e. The van der Waals surface area contributed by atoms with Crippen molar-refractivity contribution in [3.05, 3.63) is 33.2 Å². The maximum atomic E-state index is 11.5. The Balaban J connectivity index is 2.26. The SMILES string of the molecule is Cn1nc(-c2ccc3c(c2)oc(=O)n3C)c(Br)c1N. The van der Waals surface area contributed by atoms with Gasteiger partial charge in [0.15, 0.2) is 5.58 Å². The van der Waals surface area contributed by atoms with Gasteiger partial charge in [0.25, 0.3) is 0 Å². The molecule has 19 heavy (non-hydrogen) atoms. The third kappa shape index (κ3) is 1.69. The highest BCUT2D eigenvalue weighted by Gasteiger charge is 2.15. The van der Waals surface area contributed by atoms with Gasteiger partial charge in [-0.05, 0) is 28.1 Å². The molecule has 0 saturated carbocycles. The number of halogens is 1. The van der Waals surface area contributed by atoms with Crippen molar-refractivity contribution in [3.63, 3.8) is 0 Å². The average Bonchev–Trinajstić information content (AvgIpc) is 2.81. The summed E-state index contributed by atoms with van der Waals surface area (Å²) in [4.78, 5) is 11.5. The molecule has 0 bridgehead atoms. The fourth-order valence-electron chi connectivity index (χ4n) is 1.98. The first kappa shape index (κ1) is 12.0. The van der Waals surface area contributed by atoms with Crippen molar-refractivity contribution in [2.45, 2.75) is 0 Å². The van der Waals surface area contributed by atoms with Gasteiger partial charge in [-0.1, -0.05) is 6.07 Å². The molecule has 3 aromatic rings. The van der Waals surface area contributed by atoms with E-state index in [1.807, 2.05) is 12.1 Å². The number of aryl methyl sites for hydroxylation is 2. The number of nitrogens with two attached hydrogens (primary N) is 1. The fourth-order valence-corrected chi connectivity index (χ4v) is 2.54. The number of anilines is 1. The van der Waals surface area contributed by atoms with E-state index in [1.54, 1.807) is 24.8 Å². The quantitative estimate of drug-likeness (QED) is 0.741. The molecule has 0 spiro atoms. The molecule has 0 fully saturated rings. The van der Waals surface area contributed by atoms with E-state index in [1.165, 1.54) is 4.57 Å². The van der Waals surface area contributed by atoms with Crippen molar-refractivity contribution < 1.29 is 4.42 Å². The second-order valence-corrected chi connectivity index (χ2v) is 5.07. The van der Waals surface area contributed by atoms with Gasteiger partial charge in [-0.25, -0.2) is 4.79 Å². The lowest BCUT2D eigenvalue weighted by Crippen LogP contribution is -2.08. The first-order chi connectivity index (χ1) is 8.99. The zero-order chi connectivity index (χ0) is 13.7. The number of rotatable bonds is 1. The van der Waals surface area contributed by atoms with Crippen LogP contribution in [0, 0.1) is 0 Å². The van der Waals surface area contributed by atoms with Crippen LogP contribution in [0.15, 0.2) is 31.9 Å². The van der Waals surface area contributed by atoms with Gasteiger partial charge in [0.2, 0.25) is 0 Å². The van der Waals surface area contributed by atoms with Crippen LogP contribution in [-0.2, 0) is 14.1 Å². The van der Waals surface area contributed by atoms with Crippen LogP contribution in [0.1, 0.15) is 0 Å². The zero-order valence-corrected chi connectivity index (χ0v) is 11.9. The van der Waals surface area contributed by atoms with Crippen LogP contribution < -0.4 is 11.5 Å². The maximum absolute atomic E-state index is 11.5. The van der Waals surface area contributed by atoms with Crippen LogP contribution in [0.25, 0.3) is 22.4 Å². The molecule has 2 N–H and O–H groups in total. The molecule has 0 aliphatic heterocycles. The number of hydrogen-bond acceptors (Lipinski definition) is 4. The molecule has 2 heterocycles. The highest BCUT2D eigenvalue weighted by atomic mass is 79.9. The van der Waals surface area contributed by atoms with Crippen LogP contribution in [0.3, 0.4) is 0 Å². The summed E-state index contributed by atoms with van der Waals surface area (Å²) in [5, 5.41) is 4.33. The van der Waals surface area contributed by atoms with Crippen molar-refractivity contribution in [2.24, 2.45) is 14.1 Å².